The van der Waals surface area contributed by atoms with Crippen molar-refractivity contribution in [3.63, 3.8) is 0 Å². The van der Waals surface area contributed by atoms with Crippen molar-refractivity contribution >= 4 is 28.3 Å². The molecule has 6 nitrogen and oxygen atoms in total. The molecule has 1 saturated heterocycles. The lowest BCUT2D eigenvalue weighted by molar-refractivity contribution is -0.143. The van der Waals surface area contributed by atoms with Gasteiger partial charge in [-0.25, -0.2) is 4.79 Å². The van der Waals surface area contributed by atoms with Gasteiger partial charge in [0.15, 0.2) is 5.82 Å². The largest absolute Gasteiger partial charge is 0.416 e. The molecular weight excluding hydrogens is 524 g/mol. The number of nitrogens with zero attached hydrogens (tertiary/aromatic N) is 4. The normalized spacial score (nSPS) is 14.5. The molecule has 1 aromatic heterocycles. The molecule has 1 fully saturated rings. The lowest BCUT2D eigenvalue weighted by Crippen LogP contribution is -2.50. The number of nitrogens with one attached hydrogen (secondary N) is 1. The molecule has 1 aliphatic heterocycles. The van der Waals surface area contributed by atoms with Crippen LogP contribution in [0.1, 0.15) is 11.1 Å². The molecule has 202 valence electrons. The summed E-state index contributed by atoms with van der Waals surface area (Å²) in [6.45, 7) is 1.08. The second-order valence-electron chi connectivity index (χ2n) is 9.04. The van der Waals surface area contributed by atoms with E-state index in [1.165, 1.54) is 4.90 Å². The van der Waals surface area contributed by atoms with Crippen LogP contribution in [0.4, 0.5) is 42.6 Å². The monoisotopic (exact) mass is 545 g/mol. The number of rotatable bonds is 3. The van der Waals surface area contributed by atoms with Gasteiger partial charge in [0.2, 0.25) is 0 Å². The fourth-order valence-corrected chi connectivity index (χ4v) is 4.36. The Balaban J connectivity index is 1.23. The SMILES string of the molecule is O=C(Nc1cc(C(F)(F)F)cc(C(F)(F)F)c1)N1CCN(c2ccc(-c3ccc4ccccc4c3)nn2)CC1. The maximum absolute atomic E-state index is 13.1. The smallest absolute Gasteiger partial charge is 0.352 e. The van der Waals surface area contributed by atoms with Crippen LogP contribution in [0.25, 0.3) is 22.0 Å². The van der Waals surface area contributed by atoms with Crippen molar-refractivity contribution in [1.29, 1.82) is 0 Å². The molecule has 39 heavy (non-hydrogen) atoms. The van der Waals surface area contributed by atoms with Crippen LogP contribution in [0.2, 0.25) is 0 Å². The molecule has 0 saturated carbocycles. The summed E-state index contributed by atoms with van der Waals surface area (Å²) in [5, 5.41) is 13.0. The third-order valence-electron chi connectivity index (χ3n) is 6.43. The summed E-state index contributed by atoms with van der Waals surface area (Å²) in [7, 11) is 0. The topological polar surface area (TPSA) is 61.4 Å². The highest BCUT2D eigenvalue weighted by Crippen LogP contribution is 2.37. The molecule has 3 aromatic carbocycles. The molecule has 0 unspecified atom stereocenters. The zero-order chi connectivity index (χ0) is 27.8. The summed E-state index contributed by atoms with van der Waals surface area (Å²) in [4.78, 5) is 15.8. The van der Waals surface area contributed by atoms with Gasteiger partial charge in [0.1, 0.15) is 0 Å². The summed E-state index contributed by atoms with van der Waals surface area (Å²) >= 11 is 0. The molecular formula is C27H21F6N5O. The van der Waals surface area contributed by atoms with Crippen LogP contribution in [0.15, 0.2) is 72.8 Å². The minimum absolute atomic E-state index is 0.0146. The van der Waals surface area contributed by atoms with Crippen molar-refractivity contribution in [3.8, 4) is 11.3 Å². The Morgan fingerprint density at radius 3 is 1.95 bits per heavy atom. The second kappa shape index (κ2) is 10.1. The lowest BCUT2D eigenvalue weighted by atomic mass is 10.1. The van der Waals surface area contributed by atoms with E-state index >= 15 is 0 Å². The summed E-state index contributed by atoms with van der Waals surface area (Å²) in [6.07, 6.45) is -10.0. The molecule has 2 amide bonds. The van der Waals surface area contributed by atoms with E-state index < -0.39 is 35.2 Å². The van der Waals surface area contributed by atoms with E-state index in [9.17, 15) is 31.1 Å². The highest BCUT2D eigenvalue weighted by molar-refractivity contribution is 5.90. The Morgan fingerprint density at radius 2 is 1.36 bits per heavy atom. The fourth-order valence-electron chi connectivity index (χ4n) is 4.36. The predicted octanol–water partition coefficient (Wildman–Crippen LogP) is 6.69. The number of anilines is 2. The average molecular weight is 545 g/mol. The zero-order valence-electron chi connectivity index (χ0n) is 20.2. The number of amides is 2. The van der Waals surface area contributed by atoms with E-state index in [1.807, 2.05) is 59.5 Å². The first kappa shape index (κ1) is 26.3. The standard InChI is InChI=1S/C27H21F6N5O/c28-26(29,30)20-14-21(27(31,32)33)16-22(15-20)34-25(39)38-11-9-37(10-12-38)24-8-7-23(35-36-24)19-6-5-17-3-1-2-4-18(17)13-19/h1-8,13-16H,9-12H2,(H,34,39). The van der Waals surface area contributed by atoms with E-state index in [0.717, 1.165) is 16.3 Å². The van der Waals surface area contributed by atoms with Crippen LogP contribution in [0.3, 0.4) is 0 Å². The van der Waals surface area contributed by atoms with Gasteiger partial charge in [-0.3, -0.25) is 0 Å². The Labute approximate surface area is 218 Å². The number of hydrogen-bond acceptors (Lipinski definition) is 4. The maximum atomic E-state index is 13.1. The van der Waals surface area contributed by atoms with Crippen LogP contribution in [-0.2, 0) is 12.4 Å². The van der Waals surface area contributed by atoms with Gasteiger partial charge in [-0.1, -0.05) is 36.4 Å². The van der Waals surface area contributed by atoms with Gasteiger partial charge in [-0.05, 0) is 47.2 Å². The summed E-state index contributed by atoms with van der Waals surface area (Å²) in [6, 6.07) is 17.8. The molecule has 2 heterocycles. The van der Waals surface area contributed by atoms with Gasteiger partial charge < -0.3 is 15.1 Å². The number of alkyl halides is 6. The molecule has 0 spiro atoms. The van der Waals surface area contributed by atoms with E-state index in [0.29, 0.717) is 36.7 Å². The van der Waals surface area contributed by atoms with Crippen LogP contribution < -0.4 is 10.2 Å². The quantitative estimate of drug-likeness (QED) is 0.292. The number of carbonyl (C=O) groups excluding carboxylic acids is 1. The molecule has 12 heteroatoms. The van der Waals surface area contributed by atoms with Crippen molar-refractivity contribution in [2.24, 2.45) is 0 Å². The van der Waals surface area contributed by atoms with Crippen LogP contribution in [-0.4, -0.2) is 47.3 Å². The first-order valence-corrected chi connectivity index (χ1v) is 11.9. The molecule has 1 aliphatic rings. The first-order valence-electron chi connectivity index (χ1n) is 11.9. The van der Waals surface area contributed by atoms with E-state index in [1.54, 1.807) is 0 Å². The van der Waals surface area contributed by atoms with Gasteiger partial charge in [0.25, 0.3) is 0 Å². The number of urea groups is 1. The maximum Gasteiger partial charge on any atom is 0.416 e. The van der Waals surface area contributed by atoms with E-state index in [4.69, 9.17) is 0 Å². The molecule has 0 atom stereocenters. The first-order chi connectivity index (χ1) is 18.5. The van der Waals surface area contributed by atoms with E-state index in [-0.39, 0.29) is 19.2 Å². The summed E-state index contributed by atoms with van der Waals surface area (Å²) in [5.41, 5.74) is -1.97. The molecule has 5 rings (SSSR count). The number of benzene rings is 3. The second-order valence-corrected chi connectivity index (χ2v) is 9.04. The third kappa shape index (κ3) is 5.89. The van der Waals surface area contributed by atoms with Gasteiger partial charge in [0, 0.05) is 37.4 Å². The Hall–Kier alpha value is -4.35. The summed E-state index contributed by atoms with van der Waals surface area (Å²) < 4.78 is 78.7. The number of aromatic nitrogens is 2. The van der Waals surface area contributed by atoms with Gasteiger partial charge in [0.05, 0.1) is 16.8 Å². The zero-order valence-corrected chi connectivity index (χ0v) is 20.2. The van der Waals surface area contributed by atoms with Gasteiger partial charge in [-0.15, -0.1) is 10.2 Å². The van der Waals surface area contributed by atoms with Gasteiger partial charge >= 0.3 is 18.4 Å². The number of halogens is 6. The van der Waals surface area contributed by atoms with Crippen LogP contribution >= 0.6 is 0 Å². The van der Waals surface area contributed by atoms with Crippen LogP contribution in [0, 0.1) is 0 Å². The number of carbonyl (C=O) groups is 1. The minimum atomic E-state index is -5.00. The molecule has 0 radical (unpaired) electrons. The van der Waals surface area contributed by atoms with Crippen molar-refractivity contribution in [2.75, 3.05) is 36.4 Å². The molecule has 4 aromatic rings. The third-order valence-corrected chi connectivity index (χ3v) is 6.43. The molecule has 0 bridgehead atoms. The number of hydrogen-bond donors (Lipinski definition) is 1. The number of piperazine rings is 1. The van der Waals surface area contributed by atoms with E-state index in [2.05, 4.69) is 15.5 Å². The Morgan fingerprint density at radius 1 is 0.718 bits per heavy atom. The van der Waals surface area contributed by atoms with Crippen molar-refractivity contribution in [2.45, 2.75) is 12.4 Å². The van der Waals surface area contributed by atoms with Crippen LogP contribution in [0.5, 0.6) is 0 Å². The highest BCUT2D eigenvalue weighted by atomic mass is 19.4. The molecule has 0 aliphatic carbocycles. The minimum Gasteiger partial charge on any atom is -0.352 e. The summed E-state index contributed by atoms with van der Waals surface area (Å²) in [5.74, 6) is 0.590. The lowest BCUT2D eigenvalue weighted by Gasteiger charge is -2.35. The average Bonchev–Trinajstić information content (AvgIpc) is 2.92. The Kier molecular flexibility index (Phi) is 6.79. The van der Waals surface area contributed by atoms with Crippen molar-refractivity contribution < 1.29 is 31.1 Å². The highest BCUT2D eigenvalue weighted by Gasteiger charge is 2.37. The molecule has 1 N–H and O–H groups in total. The van der Waals surface area contributed by atoms with Gasteiger partial charge in [-0.2, -0.15) is 26.3 Å². The fraction of sp³-hybridized carbons (Fsp3) is 0.222. The predicted molar refractivity (Wildman–Crippen MR) is 134 cm³/mol. The van der Waals surface area contributed by atoms with Crippen molar-refractivity contribution in [1.82, 2.24) is 15.1 Å². The Bertz CT molecular complexity index is 1460. The van der Waals surface area contributed by atoms with Crippen molar-refractivity contribution in [3.05, 3.63) is 83.9 Å². The number of fused-ring (bicyclic) bond motifs is 1.